The molecular formula is C10H11F3O2. The van der Waals surface area contributed by atoms with Crippen LogP contribution < -0.4 is 4.74 Å². The lowest BCUT2D eigenvalue weighted by Crippen LogP contribution is -2.08. The van der Waals surface area contributed by atoms with Gasteiger partial charge in [-0.05, 0) is 25.5 Å². The number of halogens is 3. The van der Waals surface area contributed by atoms with Crippen molar-refractivity contribution < 1.29 is 23.0 Å². The molecule has 0 atom stereocenters. The predicted octanol–water partition coefficient (Wildman–Crippen LogP) is 3.12. The molecule has 5 heteroatoms. The third-order valence-electron chi connectivity index (χ3n) is 1.88. The van der Waals surface area contributed by atoms with Crippen molar-refractivity contribution in [3.05, 3.63) is 23.3 Å². The largest absolute Gasteiger partial charge is 0.507 e. The molecule has 0 aliphatic rings. The van der Waals surface area contributed by atoms with E-state index < -0.39 is 17.5 Å². The van der Waals surface area contributed by atoms with E-state index in [1.54, 1.807) is 6.92 Å². The number of aromatic hydroxyl groups is 1. The fourth-order valence-electron chi connectivity index (χ4n) is 1.35. The second kappa shape index (κ2) is 4.00. The van der Waals surface area contributed by atoms with E-state index in [1.165, 1.54) is 13.0 Å². The normalized spacial score (nSPS) is 11.5. The molecule has 1 N–H and O–H groups in total. The zero-order chi connectivity index (χ0) is 11.6. The summed E-state index contributed by atoms with van der Waals surface area (Å²) in [6.07, 6.45) is -4.54. The summed E-state index contributed by atoms with van der Waals surface area (Å²) < 4.78 is 42.3. The van der Waals surface area contributed by atoms with Gasteiger partial charge in [0.25, 0.3) is 0 Å². The second-order valence-corrected chi connectivity index (χ2v) is 3.07. The average molecular weight is 220 g/mol. The number of ether oxygens (including phenoxy) is 1. The van der Waals surface area contributed by atoms with Gasteiger partial charge in [0.2, 0.25) is 0 Å². The minimum atomic E-state index is -4.54. The Morgan fingerprint density at radius 2 is 1.93 bits per heavy atom. The summed E-state index contributed by atoms with van der Waals surface area (Å²) in [6, 6.07) is 2.23. The molecule has 0 unspecified atom stereocenters. The quantitative estimate of drug-likeness (QED) is 0.829. The second-order valence-electron chi connectivity index (χ2n) is 3.07. The Bertz CT molecular complexity index is 335. The van der Waals surface area contributed by atoms with Crippen molar-refractivity contribution in [3.8, 4) is 11.5 Å². The van der Waals surface area contributed by atoms with Gasteiger partial charge in [0, 0.05) is 6.07 Å². The van der Waals surface area contributed by atoms with Gasteiger partial charge in [0.05, 0.1) is 6.61 Å². The minimum absolute atomic E-state index is 0.0500. The van der Waals surface area contributed by atoms with Gasteiger partial charge < -0.3 is 9.84 Å². The Morgan fingerprint density at radius 1 is 1.33 bits per heavy atom. The molecule has 0 fully saturated rings. The van der Waals surface area contributed by atoms with Crippen molar-refractivity contribution in [3.63, 3.8) is 0 Å². The van der Waals surface area contributed by atoms with E-state index in [2.05, 4.69) is 0 Å². The van der Waals surface area contributed by atoms with Gasteiger partial charge >= 0.3 is 6.18 Å². The minimum Gasteiger partial charge on any atom is -0.507 e. The van der Waals surface area contributed by atoms with E-state index in [-0.39, 0.29) is 11.3 Å². The van der Waals surface area contributed by atoms with Crippen molar-refractivity contribution in [1.82, 2.24) is 0 Å². The lowest BCUT2D eigenvalue weighted by Gasteiger charge is -2.13. The molecule has 0 bridgehead atoms. The van der Waals surface area contributed by atoms with Crippen LogP contribution in [0.2, 0.25) is 0 Å². The first kappa shape index (κ1) is 11.7. The Labute approximate surface area is 85.3 Å². The van der Waals surface area contributed by atoms with Gasteiger partial charge in [-0.1, -0.05) is 0 Å². The summed E-state index contributed by atoms with van der Waals surface area (Å²) in [5.41, 5.74) is -1.06. The standard InChI is InChI=1S/C10H11F3O2/c1-3-15-7-4-6(2)9(8(14)5-7)10(11,12)13/h4-5,14H,3H2,1-2H3. The number of aryl methyl sites for hydroxylation is 1. The van der Waals surface area contributed by atoms with Gasteiger partial charge in [-0.25, -0.2) is 0 Å². The van der Waals surface area contributed by atoms with Crippen LogP contribution in [0.25, 0.3) is 0 Å². The fourth-order valence-corrected chi connectivity index (χ4v) is 1.35. The van der Waals surface area contributed by atoms with Crippen LogP contribution in [0.1, 0.15) is 18.1 Å². The molecule has 0 spiro atoms. The lowest BCUT2D eigenvalue weighted by molar-refractivity contribution is -0.139. The van der Waals surface area contributed by atoms with Gasteiger partial charge in [-0.2, -0.15) is 13.2 Å². The van der Waals surface area contributed by atoms with Crippen LogP contribution in [0.3, 0.4) is 0 Å². The molecule has 0 saturated heterocycles. The predicted molar refractivity (Wildman–Crippen MR) is 49.0 cm³/mol. The molecule has 2 nitrogen and oxygen atoms in total. The van der Waals surface area contributed by atoms with E-state index in [1.807, 2.05) is 0 Å². The monoisotopic (exact) mass is 220 g/mol. The fraction of sp³-hybridized carbons (Fsp3) is 0.400. The number of alkyl halides is 3. The zero-order valence-electron chi connectivity index (χ0n) is 8.35. The Kier molecular flexibility index (Phi) is 3.12. The van der Waals surface area contributed by atoms with E-state index in [4.69, 9.17) is 4.74 Å². The van der Waals surface area contributed by atoms with Crippen LogP contribution in [0, 0.1) is 6.92 Å². The number of rotatable bonds is 2. The Morgan fingerprint density at radius 3 is 2.33 bits per heavy atom. The maximum absolute atomic E-state index is 12.4. The average Bonchev–Trinajstić information content (AvgIpc) is 1.99. The van der Waals surface area contributed by atoms with Gasteiger partial charge in [0.1, 0.15) is 17.1 Å². The van der Waals surface area contributed by atoms with E-state index >= 15 is 0 Å². The number of hydrogen-bond acceptors (Lipinski definition) is 2. The van der Waals surface area contributed by atoms with Crippen molar-refractivity contribution in [2.75, 3.05) is 6.61 Å². The molecule has 1 aromatic rings. The third kappa shape index (κ3) is 2.55. The number of hydrogen-bond donors (Lipinski definition) is 1. The van der Waals surface area contributed by atoms with Crippen LogP contribution in [0.5, 0.6) is 11.5 Å². The summed E-state index contributed by atoms with van der Waals surface area (Å²) >= 11 is 0. The van der Waals surface area contributed by atoms with Crippen molar-refractivity contribution >= 4 is 0 Å². The van der Waals surface area contributed by atoms with Gasteiger partial charge in [-0.3, -0.25) is 0 Å². The van der Waals surface area contributed by atoms with Crippen LogP contribution in [-0.2, 0) is 6.18 Å². The molecule has 0 aromatic heterocycles. The Balaban J connectivity index is 3.22. The SMILES string of the molecule is CCOc1cc(C)c(C(F)(F)F)c(O)c1. The molecular weight excluding hydrogens is 209 g/mol. The maximum atomic E-state index is 12.4. The lowest BCUT2D eigenvalue weighted by atomic mass is 10.1. The van der Waals surface area contributed by atoms with Crippen LogP contribution in [-0.4, -0.2) is 11.7 Å². The highest BCUT2D eigenvalue weighted by Gasteiger charge is 2.35. The molecule has 1 rings (SSSR count). The summed E-state index contributed by atoms with van der Waals surface area (Å²) in [6.45, 7) is 3.33. The van der Waals surface area contributed by atoms with E-state index in [0.29, 0.717) is 6.61 Å². The molecule has 1 aromatic carbocycles. The summed E-state index contributed by atoms with van der Waals surface area (Å²) in [5.74, 6) is -0.563. The number of phenolic OH excluding ortho intramolecular Hbond substituents is 1. The highest BCUT2D eigenvalue weighted by Crippen LogP contribution is 2.40. The maximum Gasteiger partial charge on any atom is 0.420 e. The molecule has 84 valence electrons. The molecule has 15 heavy (non-hydrogen) atoms. The van der Waals surface area contributed by atoms with Gasteiger partial charge in [-0.15, -0.1) is 0 Å². The first-order chi connectivity index (χ1) is 6.86. The number of phenols is 1. The zero-order valence-corrected chi connectivity index (χ0v) is 8.35. The molecule has 0 radical (unpaired) electrons. The smallest absolute Gasteiger partial charge is 0.420 e. The third-order valence-corrected chi connectivity index (χ3v) is 1.88. The molecule has 0 amide bonds. The highest BCUT2D eigenvalue weighted by molar-refractivity contribution is 5.46. The highest BCUT2D eigenvalue weighted by atomic mass is 19.4. The molecule has 0 aliphatic carbocycles. The molecule has 0 heterocycles. The van der Waals surface area contributed by atoms with E-state index in [9.17, 15) is 18.3 Å². The number of benzene rings is 1. The van der Waals surface area contributed by atoms with E-state index in [0.717, 1.165) is 6.07 Å². The Hall–Kier alpha value is -1.39. The van der Waals surface area contributed by atoms with Crippen LogP contribution in [0.4, 0.5) is 13.2 Å². The summed E-state index contributed by atoms with van der Waals surface area (Å²) in [7, 11) is 0. The van der Waals surface area contributed by atoms with Crippen LogP contribution >= 0.6 is 0 Å². The molecule has 0 aliphatic heterocycles. The first-order valence-corrected chi connectivity index (χ1v) is 4.40. The van der Waals surface area contributed by atoms with Crippen molar-refractivity contribution in [2.45, 2.75) is 20.0 Å². The first-order valence-electron chi connectivity index (χ1n) is 4.40. The van der Waals surface area contributed by atoms with Gasteiger partial charge in [0.15, 0.2) is 0 Å². The van der Waals surface area contributed by atoms with Crippen LogP contribution in [0.15, 0.2) is 12.1 Å². The summed E-state index contributed by atoms with van der Waals surface area (Å²) in [4.78, 5) is 0. The van der Waals surface area contributed by atoms with Crippen molar-refractivity contribution in [2.24, 2.45) is 0 Å². The van der Waals surface area contributed by atoms with Crippen molar-refractivity contribution in [1.29, 1.82) is 0 Å². The topological polar surface area (TPSA) is 29.5 Å². The molecule has 0 saturated carbocycles. The summed E-state index contributed by atoms with van der Waals surface area (Å²) in [5, 5.41) is 9.23.